The van der Waals surface area contributed by atoms with Gasteiger partial charge < -0.3 is 13.9 Å². The van der Waals surface area contributed by atoms with Crippen LogP contribution in [0.25, 0.3) is 11.5 Å². The molecule has 128 valence electrons. The molecule has 1 aromatic heterocycles. The van der Waals surface area contributed by atoms with Crippen molar-refractivity contribution < 1.29 is 18.3 Å². The molecule has 0 saturated carbocycles. The fourth-order valence-electron chi connectivity index (χ4n) is 2.40. The first-order chi connectivity index (χ1) is 12.2. The first-order valence-electron chi connectivity index (χ1n) is 7.50. The summed E-state index contributed by atoms with van der Waals surface area (Å²) in [5.74, 6) is 1.50. The first kappa shape index (κ1) is 16.2. The van der Waals surface area contributed by atoms with Crippen molar-refractivity contribution in [1.29, 1.82) is 0 Å². The standard InChI is InChI=1S/C17H12ClFN2O3S/c18-12-7-10(8-14-15(12)23-6-5-22-14)9-25-17-21-20-16(24-17)11-3-1-2-4-13(11)19/h1-4,7-8H,5-6,9H2. The van der Waals surface area contributed by atoms with E-state index in [0.29, 0.717) is 40.7 Å². The summed E-state index contributed by atoms with van der Waals surface area (Å²) in [5.41, 5.74) is 1.22. The summed E-state index contributed by atoms with van der Waals surface area (Å²) in [5, 5.41) is 8.70. The van der Waals surface area contributed by atoms with E-state index in [9.17, 15) is 4.39 Å². The maximum Gasteiger partial charge on any atom is 0.277 e. The smallest absolute Gasteiger partial charge is 0.277 e. The summed E-state index contributed by atoms with van der Waals surface area (Å²) in [7, 11) is 0. The molecule has 1 aliphatic heterocycles. The summed E-state index contributed by atoms with van der Waals surface area (Å²) in [4.78, 5) is 0. The van der Waals surface area contributed by atoms with Crippen molar-refractivity contribution in [2.24, 2.45) is 0 Å². The molecule has 0 bridgehead atoms. The van der Waals surface area contributed by atoms with Gasteiger partial charge in [0, 0.05) is 5.75 Å². The number of fused-ring (bicyclic) bond motifs is 1. The molecule has 0 aliphatic carbocycles. The second-order valence-corrected chi connectivity index (χ2v) is 6.58. The van der Waals surface area contributed by atoms with Crippen molar-refractivity contribution in [2.75, 3.05) is 13.2 Å². The van der Waals surface area contributed by atoms with Gasteiger partial charge in [-0.15, -0.1) is 10.2 Å². The Balaban J connectivity index is 1.49. The van der Waals surface area contributed by atoms with E-state index >= 15 is 0 Å². The van der Waals surface area contributed by atoms with E-state index in [2.05, 4.69) is 10.2 Å². The molecular weight excluding hydrogens is 367 g/mol. The lowest BCUT2D eigenvalue weighted by molar-refractivity contribution is 0.171. The fourth-order valence-corrected chi connectivity index (χ4v) is 3.39. The quantitative estimate of drug-likeness (QED) is 0.619. The number of thioether (sulfide) groups is 1. The Bertz CT molecular complexity index is 919. The Morgan fingerprint density at radius 1 is 1.12 bits per heavy atom. The zero-order chi connectivity index (χ0) is 17.2. The molecule has 25 heavy (non-hydrogen) atoms. The third kappa shape index (κ3) is 3.43. The highest BCUT2D eigenvalue weighted by molar-refractivity contribution is 7.98. The molecule has 0 fully saturated rings. The highest BCUT2D eigenvalue weighted by Gasteiger charge is 2.18. The van der Waals surface area contributed by atoms with Gasteiger partial charge >= 0.3 is 0 Å². The van der Waals surface area contributed by atoms with E-state index in [0.717, 1.165) is 5.56 Å². The molecule has 0 radical (unpaired) electrons. The number of ether oxygens (including phenoxy) is 2. The average molecular weight is 379 g/mol. The Kier molecular flexibility index (Phi) is 4.50. The number of benzene rings is 2. The van der Waals surface area contributed by atoms with Gasteiger partial charge in [-0.2, -0.15) is 0 Å². The van der Waals surface area contributed by atoms with Crippen LogP contribution in [0.4, 0.5) is 4.39 Å². The third-order valence-electron chi connectivity index (χ3n) is 3.53. The van der Waals surface area contributed by atoms with Crippen LogP contribution in [0, 0.1) is 5.82 Å². The van der Waals surface area contributed by atoms with Gasteiger partial charge in [0.05, 0.1) is 10.6 Å². The zero-order valence-electron chi connectivity index (χ0n) is 12.9. The molecule has 8 heteroatoms. The molecule has 3 aromatic rings. The van der Waals surface area contributed by atoms with E-state index in [1.54, 1.807) is 18.2 Å². The third-order valence-corrected chi connectivity index (χ3v) is 4.70. The predicted molar refractivity (Wildman–Crippen MR) is 91.7 cm³/mol. The maximum absolute atomic E-state index is 13.8. The van der Waals surface area contributed by atoms with Gasteiger partial charge in [0.1, 0.15) is 19.0 Å². The van der Waals surface area contributed by atoms with Gasteiger partial charge in [-0.05, 0) is 29.8 Å². The Hall–Kier alpha value is -2.25. The van der Waals surface area contributed by atoms with Crippen LogP contribution in [0.1, 0.15) is 5.56 Å². The van der Waals surface area contributed by atoms with Crippen molar-refractivity contribution in [3.05, 3.63) is 52.8 Å². The van der Waals surface area contributed by atoms with Crippen LogP contribution in [0.15, 0.2) is 46.0 Å². The highest BCUT2D eigenvalue weighted by Crippen LogP contribution is 2.39. The molecule has 0 saturated heterocycles. The van der Waals surface area contributed by atoms with Crippen molar-refractivity contribution in [1.82, 2.24) is 10.2 Å². The predicted octanol–water partition coefficient (Wildman–Crippen LogP) is 4.59. The van der Waals surface area contributed by atoms with Crippen LogP contribution in [-0.4, -0.2) is 23.4 Å². The maximum atomic E-state index is 13.8. The number of hydrogen-bond acceptors (Lipinski definition) is 6. The van der Waals surface area contributed by atoms with Gasteiger partial charge in [0.2, 0.25) is 0 Å². The fraction of sp³-hybridized carbons (Fsp3) is 0.176. The van der Waals surface area contributed by atoms with E-state index in [4.69, 9.17) is 25.5 Å². The lowest BCUT2D eigenvalue weighted by Gasteiger charge is -2.20. The topological polar surface area (TPSA) is 57.4 Å². The van der Waals surface area contributed by atoms with Gasteiger partial charge in [-0.25, -0.2) is 4.39 Å². The van der Waals surface area contributed by atoms with Gasteiger partial charge in [0.25, 0.3) is 11.1 Å². The number of halogens is 2. The summed E-state index contributed by atoms with van der Waals surface area (Å²) >= 11 is 7.56. The van der Waals surface area contributed by atoms with Crippen LogP contribution < -0.4 is 9.47 Å². The molecule has 2 aromatic carbocycles. The van der Waals surface area contributed by atoms with Crippen LogP contribution in [0.2, 0.25) is 5.02 Å². The highest BCUT2D eigenvalue weighted by atomic mass is 35.5. The summed E-state index contributed by atoms with van der Waals surface area (Å²) in [6, 6.07) is 9.96. The molecule has 0 atom stereocenters. The molecule has 2 heterocycles. The molecular formula is C17H12ClFN2O3S. The van der Waals surface area contributed by atoms with Crippen LogP contribution >= 0.6 is 23.4 Å². The first-order valence-corrected chi connectivity index (χ1v) is 8.86. The monoisotopic (exact) mass is 378 g/mol. The molecule has 0 amide bonds. The molecule has 1 aliphatic rings. The van der Waals surface area contributed by atoms with Crippen molar-refractivity contribution in [3.63, 3.8) is 0 Å². The van der Waals surface area contributed by atoms with E-state index in [1.165, 1.54) is 17.8 Å². The molecule has 4 rings (SSSR count). The number of hydrogen-bond donors (Lipinski definition) is 0. The number of rotatable bonds is 4. The van der Waals surface area contributed by atoms with Crippen molar-refractivity contribution in [2.45, 2.75) is 11.0 Å². The average Bonchev–Trinajstić information content (AvgIpc) is 3.09. The summed E-state index contributed by atoms with van der Waals surface area (Å²) in [6.07, 6.45) is 0. The summed E-state index contributed by atoms with van der Waals surface area (Å²) < 4.78 is 30.3. The second kappa shape index (κ2) is 6.93. The number of nitrogens with zero attached hydrogens (tertiary/aromatic N) is 2. The van der Waals surface area contributed by atoms with E-state index in [-0.39, 0.29) is 11.5 Å². The lowest BCUT2D eigenvalue weighted by Crippen LogP contribution is -2.15. The van der Waals surface area contributed by atoms with Gasteiger partial charge in [-0.3, -0.25) is 0 Å². The van der Waals surface area contributed by atoms with Crippen LogP contribution in [0.3, 0.4) is 0 Å². The number of aromatic nitrogens is 2. The van der Waals surface area contributed by atoms with Gasteiger partial charge in [0.15, 0.2) is 11.5 Å². The minimum atomic E-state index is -0.402. The second-order valence-electron chi connectivity index (χ2n) is 5.24. The SMILES string of the molecule is Fc1ccccc1-c1nnc(SCc2cc(Cl)c3c(c2)OCCO3)o1. The van der Waals surface area contributed by atoms with Gasteiger partial charge in [-0.1, -0.05) is 35.5 Å². The summed E-state index contributed by atoms with van der Waals surface area (Å²) in [6.45, 7) is 0.983. The van der Waals surface area contributed by atoms with Crippen LogP contribution in [-0.2, 0) is 5.75 Å². The molecule has 5 nitrogen and oxygen atoms in total. The van der Waals surface area contributed by atoms with Crippen molar-refractivity contribution >= 4 is 23.4 Å². The van der Waals surface area contributed by atoms with E-state index < -0.39 is 5.82 Å². The molecule has 0 unspecified atom stereocenters. The lowest BCUT2D eigenvalue weighted by atomic mass is 10.2. The minimum Gasteiger partial charge on any atom is -0.486 e. The van der Waals surface area contributed by atoms with Crippen molar-refractivity contribution in [3.8, 4) is 23.0 Å². The molecule has 0 N–H and O–H groups in total. The zero-order valence-corrected chi connectivity index (χ0v) is 14.4. The Morgan fingerprint density at radius 3 is 2.84 bits per heavy atom. The minimum absolute atomic E-state index is 0.154. The molecule has 0 spiro atoms. The van der Waals surface area contributed by atoms with E-state index in [1.807, 2.05) is 12.1 Å². The Labute approximate surface area is 152 Å². The largest absolute Gasteiger partial charge is 0.486 e. The van der Waals surface area contributed by atoms with Crippen LogP contribution in [0.5, 0.6) is 11.5 Å². The normalized spacial score (nSPS) is 13.0. The Morgan fingerprint density at radius 2 is 1.96 bits per heavy atom.